The summed E-state index contributed by atoms with van der Waals surface area (Å²) in [6, 6.07) is 5.13. The third kappa shape index (κ3) is 4.54. The van der Waals surface area contributed by atoms with Gasteiger partial charge in [-0.3, -0.25) is 0 Å². The van der Waals surface area contributed by atoms with E-state index in [2.05, 4.69) is 22.8 Å². The molecule has 1 aliphatic carbocycles. The molecule has 2 rings (SSSR count). The van der Waals surface area contributed by atoms with Crippen LogP contribution >= 0.6 is 23.7 Å². The molecule has 1 aliphatic rings. The quantitative estimate of drug-likeness (QED) is 0.795. The van der Waals surface area contributed by atoms with Gasteiger partial charge < -0.3 is 5.32 Å². The maximum Gasteiger partial charge on any atom is 0.0302 e. The van der Waals surface area contributed by atoms with Crippen molar-refractivity contribution >= 4 is 23.7 Å². The van der Waals surface area contributed by atoms with Crippen LogP contribution in [0.5, 0.6) is 0 Å². The average Bonchev–Trinajstić information content (AvgIpc) is 2.58. The van der Waals surface area contributed by atoms with Crippen LogP contribution < -0.4 is 5.32 Å². The van der Waals surface area contributed by atoms with E-state index in [4.69, 9.17) is 0 Å². The van der Waals surface area contributed by atoms with Crippen LogP contribution in [0.2, 0.25) is 0 Å². The molecule has 0 atom stereocenters. The average molecular weight is 246 g/mol. The molecule has 15 heavy (non-hydrogen) atoms. The Balaban J connectivity index is 0.00000112. The predicted octanol–water partition coefficient (Wildman–Crippen LogP) is 3.98. The summed E-state index contributed by atoms with van der Waals surface area (Å²) in [6.07, 6.45) is 8.48. The van der Waals surface area contributed by atoms with E-state index in [-0.39, 0.29) is 12.4 Å². The molecular weight excluding hydrogens is 226 g/mol. The SMILES string of the molecule is Cl.c1csc(CNC2CCCCCC2)c1. The highest BCUT2D eigenvalue weighted by molar-refractivity contribution is 7.09. The predicted molar refractivity (Wildman–Crippen MR) is 69.9 cm³/mol. The second-order valence-corrected chi connectivity index (χ2v) is 5.18. The van der Waals surface area contributed by atoms with Crippen LogP contribution in [0.1, 0.15) is 43.4 Å². The summed E-state index contributed by atoms with van der Waals surface area (Å²) < 4.78 is 0. The zero-order valence-corrected chi connectivity index (χ0v) is 10.7. The Kier molecular flexibility index (Phi) is 6.30. The Hall–Kier alpha value is -0.0500. The minimum atomic E-state index is 0. The molecule has 0 aromatic carbocycles. The molecule has 1 N–H and O–H groups in total. The van der Waals surface area contributed by atoms with Gasteiger partial charge in [-0.1, -0.05) is 31.7 Å². The maximum absolute atomic E-state index is 3.67. The number of thiophene rings is 1. The fourth-order valence-electron chi connectivity index (χ4n) is 2.14. The molecule has 0 spiro atoms. The third-order valence-corrected chi connectivity index (χ3v) is 3.88. The van der Waals surface area contributed by atoms with Crippen molar-refractivity contribution in [3.05, 3.63) is 22.4 Å². The smallest absolute Gasteiger partial charge is 0.0302 e. The van der Waals surface area contributed by atoms with Crippen LogP contribution in [0.25, 0.3) is 0 Å². The first kappa shape index (κ1) is 13.0. The molecule has 3 heteroatoms. The lowest BCUT2D eigenvalue weighted by atomic mass is 10.1. The van der Waals surface area contributed by atoms with Gasteiger partial charge in [0.05, 0.1) is 0 Å². The standard InChI is InChI=1S/C12H19NS.ClH/c1-2-4-7-11(6-3-1)13-10-12-8-5-9-14-12;/h5,8-9,11,13H,1-4,6-7,10H2;1H. The molecule has 0 unspecified atom stereocenters. The summed E-state index contributed by atoms with van der Waals surface area (Å²) in [4.78, 5) is 1.47. The minimum absolute atomic E-state index is 0. The summed E-state index contributed by atoms with van der Waals surface area (Å²) in [7, 11) is 0. The van der Waals surface area contributed by atoms with Gasteiger partial charge in [-0.05, 0) is 24.3 Å². The Morgan fingerprint density at radius 2 is 1.93 bits per heavy atom. The van der Waals surface area contributed by atoms with Gasteiger partial charge in [0.25, 0.3) is 0 Å². The second-order valence-electron chi connectivity index (χ2n) is 4.15. The zero-order chi connectivity index (χ0) is 9.64. The maximum atomic E-state index is 3.67. The van der Waals surface area contributed by atoms with Crippen LogP contribution in [0.4, 0.5) is 0 Å². The normalized spacial score (nSPS) is 18.1. The zero-order valence-electron chi connectivity index (χ0n) is 9.08. The molecule has 1 fully saturated rings. The summed E-state index contributed by atoms with van der Waals surface area (Å²) in [5.74, 6) is 0. The van der Waals surface area contributed by atoms with Crippen molar-refractivity contribution < 1.29 is 0 Å². The summed E-state index contributed by atoms with van der Waals surface area (Å²) in [5, 5.41) is 5.83. The molecule has 1 aromatic rings. The second kappa shape index (κ2) is 7.26. The van der Waals surface area contributed by atoms with Gasteiger partial charge in [0.2, 0.25) is 0 Å². The number of halogens is 1. The number of rotatable bonds is 3. The fraction of sp³-hybridized carbons (Fsp3) is 0.667. The molecule has 1 nitrogen and oxygen atoms in total. The van der Waals surface area contributed by atoms with Crippen molar-refractivity contribution in [2.45, 2.75) is 51.1 Å². The van der Waals surface area contributed by atoms with Crippen molar-refractivity contribution in [3.63, 3.8) is 0 Å². The number of hydrogen-bond donors (Lipinski definition) is 1. The fourth-order valence-corrected chi connectivity index (χ4v) is 2.80. The lowest BCUT2D eigenvalue weighted by molar-refractivity contribution is 0.461. The van der Waals surface area contributed by atoms with Crippen LogP contribution in [0.3, 0.4) is 0 Å². The van der Waals surface area contributed by atoms with Gasteiger partial charge in [-0.25, -0.2) is 0 Å². The Morgan fingerprint density at radius 1 is 1.20 bits per heavy atom. The third-order valence-electron chi connectivity index (χ3n) is 3.00. The monoisotopic (exact) mass is 245 g/mol. The minimum Gasteiger partial charge on any atom is -0.309 e. The van der Waals surface area contributed by atoms with Crippen molar-refractivity contribution in [1.29, 1.82) is 0 Å². The molecular formula is C12H20ClNS. The van der Waals surface area contributed by atoms with E-state index >= 15 is 0 Å². The summed E-state index contributed by atoms with van der Waals surface area (Å²) in [6.45, 7) is 1.07. The lowest BCUT2D eigenvalue weighted by Gasteiger charge is -2.15. The van der Waals surface area contributed by atoms with Crippen LogP contribution in [-0.4, -0.2) is 6.04 Å². The molecule has 0 amide bonds. The highest BCUT2D eigenvalue weighted by Crippen LogP contribution is 2.18. The molecule has 0 aliphatic heterocycles. The van der Waals surface area contributed by atoms with Gasteiger partial charge in [0, 0.05) is 17.5 Å². The van der Waals surface area contributed by atoms with Crippen LogP contribution in [0, 0.1) is 0 Å². The van der Waals surface area contributed by atoms with Crippen LogP contribution in [0.15, 0.2) is 17.5 Å². The van der Waals surface area contributed by atoms with Crippen LogP contribution in [-0.2, 0) is 6.54 Å². The highest BCUT2D eigenvalue weighted by Gasteiger charge is 2.11. The van der Waals surface area contributed by atoms with E-state index in [1.54, 1.807) is 0 Å². The van der Waals surface area contributed by atoms with Gasteiger partial charge in [0.1, 0.15) is 0 Å². The van der Waals surface area contributed by atoms with Gasteiger partial charge in [0.15, 0.2) is 0 Å². The first-order valence-electron chi connectivity index (χ1n) is 5.71. The highest BCUT2D eigenvalue weighted by atomic mass is 35.5. The van der Waals surface area contributed by atoms with Gasteiger partial charge in [-0.15, -0.1) is 23.7 Å². The molecule has 0 radical (unpaired) electrons. The van der Waals surface area contributed by atoms with E-state index in [0.29, 0.717) is 0 Å². The van der Waals surface area contributed by atoms with E-state index in [0.717, 1.165) is 12.6 Å². The first-order chi connectivity index (χ1) is 6.95. The van der Waals surface area contributed by atoms with E-state index in [1.807, 2.05) is 11.3 Å². The summed E-state index contributed by atoms with van der Waals surface area (Å²) >= 11 is 1.85. The summed E-state index contributed by atoms with van der Waals surface area (Å²) in [5.41, 5.74) is 0. The van der Waals surface area contributed by atoms with Crippen molar-refractivity contribution in [2.24, 2.45) is 0 Å². The van der Waals surface area contributed by atoms with Crippen molar-refractivity contribution in [1.82, 2.24) is 5.32 Å². The van der Waals surface area contributed by atoms with E-state index in [9.17, 15) is 0 Å². The molecule has 0 saturated heterocycles. The van der Waals surface area contributed by atoms with Gasteiger partial charge >= 0.3 is 0 Å². The Morgan fingerprint density at radius 3 is 2.53 bits per heavy atom. The number of nitrogens with one attached hydrogen (secondary N) is 1. The van der Waals surface area contributed by atoms with Crippen molar-refractivity contribution in [2.75, 3.05) is 0 Å². The Bertz CT molecular complexity index is 240. The first-order valence-corrected chi connectivity index (χ1v) is 6.59. The lowest BCUT2D eigenvalue weighted by Crippen LogP contribution is -2.27. The van der Waals surface area contributed by atoms with Gasteiger partial charge in [-0.2, -0.15) is 0 Å². The topological polar surface area (TPSA) is 12.0 Å². The van der Waals surface area contributed by atoms with E-state index in [1.165, 1.54) is 43.4 Å². The largest absolute Gasteiger partial charge is 0.309 e. The molecule has 86 valence electrons. The molecule has 0 bridgehead atoms. The number of hydrogen-bond acceptors (Lipinski definition) is 2. The van der Waals surface area contributed by atoms with Crippen molar-refractivity contribution in [3.8, 4) is 0 Å². The van der Waals surface area contributed by atoms with E-state index < -0.39 is 0 Å². The molecule has 1 aromatic heterocycles. The molecule has 1 saturated carbocycles. The molecule has 1 heterocycles. The Labute approximate surface area is 103 Å².